The van der Waals surface area contributed by atoms with Crippen molar-refractivity contribution in [1.82, 2.24) is 4.98 Å². The van der Waals surface area contributed by atoms with Crippen LogP contribution >= 0.6 is 11.3 Å². The van der Waals surface area contributed by atoms with Gasteiger partial charge in [-0.1, -0.05) is 20.8 Å². The Morgan fingerprint density at radius 2 is 2.00 bits per heavy atom. The largest absolute Gasteiger partial charge is 0.325 e. The van der Waals surface area contributed by atoms with E-state index in [0.29, 0.717) is 5.41 Å². The first-order valence-corrected chi connectivity index (χ1v) is 7.86. The Morgan fingerprint density at radius 3 is 2.44 bits per heavy atom. The van der Waals surface area contributed by atoms with Gasteiger partial charge in [-0.15, -0.1) is 11.3 Å². The lowest BCUT2D eigenvalue weighted by molar-refractivity contribution is 0.134. The lowest BCUT2D eigenvalue weighted by Gasteiger charge is -2.41. The predicted octanol–water partition coefficient (Wildman–Crippen LogP) is 3.93. The van der Waals surface area contributed by atoms with E-state index in [4.69, 9.17) is 5.73 Å². The zero-order chi connectivity index (χ0) is 13.4. The Hall–Kier alpha value is -0.410. The highest BCUT2D eigenvalue weighted by Crippen LogP contribution is 2.41. The molecule has 1 aromatic rings. The number of rotatable bonds is 2. The summed E-state index contributed by atoms with van der Waals surface area (Å²) >= 11 is 1.76. The van der Waals surface area contributed by atoms with E-state index in [-0.39, 0.29) is 5.54 Å². The van der Waals surface area contributed by atoms with Crippen LogP contribution in [0, 0.1) is 18.3 Å². The number of thiazole rings is 1. The molecule has 102 valence electrons. The van der Waals surface area contributed by atoms with Crippen molar-refractivity contribution in [2.75, 3.05) is 0 Å². The van der Waals surface area contributed by atoms with Crippen molar-refractivity contribution in [3.63, 3.8) is 0 Å². The molecule has 0 unspecified atom stereocenters. The summed E-state index contributed by atoms with van der Waals surface area (Å²) in [4.78, 5) is 4.56. The number of nitrogens with two attached hydrogens (primary N) is 1. The van der Waals surface area contributed by atoms with Crippen LogP contribution < -0.4 is 5.73 Å². The van der Waals surface area contributed by atoms with Crippen molar-refractivity contribution in [3.8, 4) is 0 Å². The Bertz CT molecular complexity index is 395. The SMILES string of the molecule is Cc1csc(CC2(N)CCC(C(C)(C)C)CC2)n1. The molecule has 2 nitrogen and oxygen atoms in total. The highest BCUT2D eigenvalue weighted by molar-refractivity contribution is 7.09. The van der Waals surface area contributed by atoms with Crippen molar-refractivity contribution in [1.29, 1.82) is 0 Å². The van der Waals surface area contributed by atoms with E-state index < -0.39 is 0 Å². The second-order valence-electron chi connectivity index (χ2n) is 7.06. The molecule has 2 N–H and O–H groups in total. The first-order valence-electron chi connectivity index (χ1n) is 6.98. The van der Waals surface area contributed by atoms with Crippen molar-refractivity contribution in [3.05, 3.63) is 16.1 Å². The summed E-state index contributed by atoms with van der Waals surface area (Å²) in [6.07, 6.45) is 5.79. The van der Waals surface area contributed by atoms with Crippen molar-refractivity contribution >= 4 is 11.3 Å². The molecule has 0 amide bonds. The van der Waals surface area contributed by atoms with Crippen LogP contribution in [0.4, 0.5) is 0 Å². The number of nitrogens with zero attached hydrogens (tertiary/aromatic N) is 1. The second kappa shape index (κ2) is 4.93. The average Bonchev–Trinajstić information content (AvgIpc) is 2.62. The summed E-state index contributed by atoms with van der Waals surface area (Å²) in [6, 6.07) is 0. The topological polar surface area (TPSA) is 38.9 Å². The molecule has 1 aromatic heterocycles. The lowest BCUT2D eigenvalue weighted by atomic mass is 9.67. The van der Waals surface area contributed by atoms with E-state index in [1.54, 1.807) is 11.3 Å². The normalized spacial score (nSPS) is 29.5. The molecule has 1 saturated carbocycles. The molecule has 0 radical (unpaired) electrons. The van der Waals surface area contributed by atoms with Crippen LogP contribution in [0.15, 0.2) is 5.38 Å². The maximum atomic E-state index is 6.57. The fourth-order valence-corrected chi connectivity index (χ4v) is 3.95. The average molecular weight is 266 g/mol. The number of hydrogen-bond donors (Lipinski definition) is 1. The molecule has 0 spiro atoms. The van der Waals surface area contributed by atoms with Crippen molar-refractivity contribution in [2.24, 2.45) is 17.1 Å². The molecule has 0 atom stereocenters. The fourth-order valence-electron chi connectivity index (χ4n) is 3.02. The standard InChI is InChI=1S/C15H26N2S/c1-11-10-18-13(17-11)9-15(16)7-5-12(6-8-15)14(2,3)4/h10,12H,5-9,16H2,1-4H3. The minimum absolute atomic E-state index is 0.00789. The Labute approximate surface area is 115 Å². The van der Waals surface area contributed by atoms with Gasteiger partial charge in [0.25, 0.3) is 0 Å². The van der Waals surface area contributed by atoms with Gasteiger partial charge in [0.1, 0.15) is 0 Å². The first kappa shape index (κ1) is 14.0. The summed E-state index contributed by atoms with van der Waals surface area (Å²) in [5.41, 5.74) is 8.12. The van der Waals surface area contributed by atoms with Crippen LogP contribution in [0.3, 0.4) is 0 Å². The highest BCUT2D eigenvalue weighted by atomic mass is 32.1. The molecule has 1 aliphatic carbocycles. The van der Waals surface area contributed by atoms with Gasteiger partial charge in [0.05, 0.1) is 5.01 Å². The molecule has 0 aromatic carbocycles. The molecular weight excluding hydrogens is 240 g/mol. The van der Waals surface area contributed by atoms with E-state index in [1.165, 1.54) is 17.8 Å². The van der Waals surface area contributed by atoms with Gasteiger partial charge in [-0.25, -0.2) is 4.98 Å². The van der Waals surface area contributed by atoms with Crippen LogP contribution in [0.1, 0.15) is 57.2 Å². The maximum Gasteiger partial charge on any atom is 0.0946 e. The Balaban J connectivity index is 1.95. The van der Waals surface area contributed by atoms with Gasteiger partial charge in [-0.2, -0.15) is 0 Å². The number of aromatic nitrogens is 1. The van der Waals surface area contributed by atoms with Crippen molar-refractivity contribution < 1.29 is 0 Å². The summed E-state index contributed by atoms with van der Waals surface area (Å²) < 4.78 is 0. The monoisotopic (exact) mass is 266 g/mol. The van der Waals surface area contributed by atoms with E-state index in [1.807, 2.05) is 0 Å². The third kappa shape index (κ3) is 3.33. The summed E-state index contributed by atoms with van der Waals surface area (Å²) in [7, 11) is 0. The van der Waals surface area contributed by atoms with E-state index in [0.717, 1.165) is 30.9 Å². The number of hydrogen-bond acceptors (Lipinski definition) is 3. The molecule has 0 saturated heterocycles. The molecule has 0 aliphatic heterocycles. The van der Waals surface area contributed by atoms with Gasteiger partial charge < -0.3 is 5.73 Å². The quantitative estimate of drug-likeness (QED) is 0.881. The van der Waals surface area contributed by atoms with Crippen LogP contribution in [0.5, 0.6) is 0 Å². The molecular formula is C15H26N2S. The van der Waals surface area contributed by atoms with Crippen LogP contribution in [-0.2, 0) is 6.42 Å². The Kier molecular flexibility index (Phi) is 3.84. The third-order valence-electron chi connectivity index (χ3n) is 4.38. The van der Waals surface area contributed by atoms with Gasteiger partial charge in [0, 0.05) is 23.0 Å². The Morgan fingerprint density at radius 1 is 1.39 bits per heavy atom. The summed E-state index contributed by atoms with van der Waals surface area (Å²) in [6.45, 7) is 9.11. The molecule has 1 aliphatic rings. The summed E-state index contributed by atoms with van der Waals surface area (Å²) in [5, 5.41) is 3.34. The molecule has 0 bridgehead atoms. The zero-order valence-electron chi connectivity index (χ0n) is 12.1. The zero-order valence-corrected chi connectivity index (χ0v) is 12.9. The van der Waals surface area contributed by atoms with Crippen LogP contribution in [-0.4, -0.2) is 10.5 Å². The van der Waals surface area contributed by atoms with E-state index >= 15 is 0 Å². The fraction of sp³-hybridized carbons (Fsp3) is 0.800. The van der Waals surface area contributed by atoms with Crippen LogP contribution in [0.25, 0.3) is 0 Å². The second-order valence-corrected chi connectivity index (χ2v) is 8.00. The molecule has 1 fully saturated rings. The first-order chi connectivity index (χ1) is 8.28. The molecule has 2 rings (SSSR count). The van der Waals surface area contributed by atoms with Gasteiger partial charge in [0.2, 0.25) is 0 Å². The van der Waals surface area contributed by atoms with E-state index in [2.05, 4.69) is 38.1 Å². The van der Waals surface area contributed by atoms with Gasteiger partial charge in [-0.05, 0) is 43.9 Å². The molecule has 3 heteroatoms. The third-order valence-corrected chi connectivity index (χ3v) is 5.34. The lowest BCUT2D eigenvalue weighted by Crippen LogP contribution is -2.46. The molecule has 18 heavy (non-hydrogen) atoms. The van der Waals surface area contributed by atoms with E-state index in [9.17, 15) is 0 Å². The highest BCUT2D eigenvalue weighted by Gasteiger charge is 2.36. The maximum absolute atomic E-state index is 6.57. The molecule has 1 heterocycles. The van der Waals surface area contributed by atoms with Gasteiger partial charge >= 0.3 is 0 Å². The number of aryl methyl sites for hydroxylation is 1. The van der Waals surface area contributed by atoms with Crippen LogP contribution in [0.2, 0.25) is 0 Å². The minimum Gasteiger partial charge on any atom is -0.325 e. The van der Waals surface area contributed by atoms with Gasteiger partial charge in [0.15, 0.2) is 0 Å². The predicted molar refractivity (Wildman–Crippen MR) is 78.9 cm³/mol. The smallest absolute Gasteiger partial charge is 0.0946 e. The van der Waals surface area contributed by atoms with Crippen molar-refractivity contribution in [2.45, 2.75) is 65.3 Å². The van der Waals surface area contributed by atoms with Gasteiger partial charge in [-0.3, -0.25) is 0 Å². The minimum atomic E-state index is -0.00789. The summed E-state index contributed by atoms with van der Waals surface area (Å²) in [5.74, 6) is 0.826.